The minimum absolute atomic E-state index is 0.0354. The summed E-state index contributed by atoms with van der Waals surface area (Å²) in [4.78, 5) is 27.4. The molecule has 2 aromatic carbocycles. The van der Waals surface area contributed by atoms with Gasteiger partial charge in [0.2, 0.25) is 11.8 Å². The number of benzene rings is 2. The molecule has 2 amide bonds. The van der Waals surface area contributed by atoms with Gasteiger partial charge in [-0.1, -0.05) is 35.5 Å². The van der Waals surface area contributed by atoms with E-state index in [0.717, 1.165) is 5.56 Å². The highest BCUT2D eigenvalue weighted by Crippen LogP contribution is 2.32. The zero-order valence-corrected chi connectivity index (χ0v) is 22.3. The molecule has 198 valence electrons. The van der Waals surface area contributed by atoms with E-state index in [4.69, 9.17) is 25.2 Å². The van der Waals surface area contributed by atoms with Crippen molar-refractivity contribution in [3.05, 3.63) is 95.6 Å². The minimum Gasteiger partial charge on any atom is -0.497 e. The van der Waals surface area contributed by atoms with Gasteiger partial charge < -0.3 is 18.9 Å². The summed E-state index contributed by atoms with van der Waals surface area (Å²) in [6, 6.07) is 21.4. The number of nitrogens with one attached hydrogen (secondary N) is 1. The number of ether oxygens (including phenoxy) is 1. The van der Waals surface area contributed by atoms with Gasteiger partial charge in [-0.05, 0) is 60.7 Å². The largest absolute Gasteiger partial charge is 0.497 e. The van der Waals surface area contributed by atoms with Crippen molar-refractivity contribution < 1.29 is 23.2 Å². The zero-order valence-electron chi connectivity index (χ0n) is 20.7. The van der Waals surface area contributed by atoms with Crippen molar-refractivity contribution in [3.8, 4) is 17.1 Å². The Kier molecular flexibility index (Phi) is 8.14. The first-order valence-corrected chi connectivity index (χ1v) is 13.2. The number of hydrogen-bond acceptors (Lipinski definition) is 8. The Morgan fingerprint density at radius 1 is 1.13 bits per heavy atom. The maximum atomic E-state index is 13.2. The fraction of sp³-hybridized carbons (Fsp3) is 0.143. The summed E-state index contributed by atoms with van der Waals surface area (Å²) in [6.45, 7) is 0.168. The fourth-order valence-electron chi connectivity index (χ4n) is 3.84. The number of carbonyl (C=O) groups excluding carboxylic acids is 2. The van der Waals surface area contributed by atoms with Crippen LogP contribution in [0.5, 0.6) is 5.75 Å². The lowest BCUT2D eigenvalue weighted by molar-refractivity contribution is -0.128. The molecular weight excluding hydrogens is 540 g/mol. The number of furan rings is 2. The van der Waals surface area contributed by atoms with E-state index >= 15 is 0 Å². The predicted molar refractivity (Wildman–Crippen MR) is 151 cm³/mol. The van der Waals surface area contributed by atoms with Gasteiger partial charge in [-0.25, -0.2) is 0 Å². The third kappa shape index (κ3) is 6.42. The number of nitrogens with zero attached hydrogens (tertiary/aromatic N) is 3. The Hall–Kier alpha value is -4.28. The van der Waals surface area contributed by atoms with Crippen molar-refractivity contribution in [1.29, 1.82) is 0 Å². The van der Waals surface area contributed by atoms with Crippen LogP contribution in [0.2, 0.25) is 5.02 Å². The van der Waals surface area contributed by atoms with E-state index in [2.05, 4.69) is 15.5 Å². The highest BCUT2D eigenvalue weighted by atomic mass is 35.5. The molecule has 1 atom stereocenters. The molecule has 1 fully saturated rings. The van der Waals surface area contributed by atoms with E-state index in [9.17, 15) is 9.59 Å². The van der Waals surface area contributed by atoms with Crippen molar-refractivity contribution in [2.45, 2.75) is 18.2 Å². The topological polar surface area (TPSA) is 110 Å². The third-order valence-electron chi connectivity index (χ3n) is 5.75. The number of halogens is 1. The average molecular weight is 563 g/mol. The molecular formula is C28H23ClN4O5S. The molecule has 1 aliphatic heterocycles. The van der Waals surface area contributed by atoms with Gasteiger partial charge >= 0.3 is 0 Å². The Morgan fingerprint density at radius 2 is 1.95 bits per heavy atom. The van der Waals surface area contributed by atoms with Crippen molar-refractivity contribution in [2.75, 3.05) is 12.4 Å². The van der Waals surface area contributed by atoms with E-state index in [0.29, 0.717) is 38.9 Å². The summed E-state index contributed by atoms with van der Waals surface area (Å²) in [5, 5.41) is 11.5. The first kappa shape index (κ1) is 26.3. The molecule has 39 heavy (non-hydrogen) atoms. The number of amidine groups is 1. The summed E-state index contributed by atoms with van der Waals surface area (Å²) in [7, 11) is 1.57. The molecule has 0 spiro atoms. The van der Waals surface area contributed by atoms with E-state index < -0.39 is 5.25 Å². The normalized spacial score (nSPS) is 16.4. The summed E-state index contributed by atoms with van der Waals surface area (Å²) in [5.74, 6) is 1.78. The van der Waals surface area contributed by atoms with Crippen LogP contribution in [0, 0.1) is 0 Å². The molecule has 1 aliphatic rings. The lowest BCUT2D eigenvalue weighted by Crippen LogP contribution is -2.33. The average Bonchev–Trinajstić information content (AvgIpc) is 3.69. The number of hydrogen-bond donors (Lipinski definition) is 1. The lowest BCUT2D eigenvalue weighted by atomic mass is 10.2. The van der Waals surface area contributed by atoms with Gasteiger partial charge in [0.05, 0.1) is 31.2 Å². The van der Waals surface area contributed by atoms with Crippen LogP contribution in [0.25, 0.3) is 11.3 Å². The standard InChI is InChI=1S/C28H23ClN4O5S/c1-36-19-10-8-18(9-11-19)31-26(34)15-25-27(35)33(17-21-5-4-14-37-21)28(39-25)32-30-16-20-12-13-24(38-20)22-6-2-3-7-23(22)29/h2-14,16,25H,15,17H2,1H3,(H,31,34)/b30-16+,32-28-. The number of rotatable bonds is 9. The summed E-state index contributed by atoms with van der Waals surface area (Å²) < 4.78 is 16.4. The summed E-state index contributed by atoms with van der Waals surface area (Å²) in [6.07, 6.45) is 2.95. The van der Waals surface area contributed by atoms with Crippen LogP contribution in [0.1, 0.15) is 17.9 Å². The minimum atomic E-state index is -0.664. The van der Waals surface area contributed by atoms with Gasteiger partial charge in [-0.3, -0.25) is 14.5 Å². The molecule has 0 bridgehead atoms. The second-order valence-electron chi connectivity index (χ2n) is 8.40. The van der Waals surface area contributed by atoms with E-state index in [1.54, 1.807) is 61.7 Å². The lowest BCUT2D eigenvalue weighted by Gasteiger charge is -2.14. The molecule has 11 heteroatoms. The Balaban J connectivity index is 1.29. The molecule has 0 saturated carbocycles. The van der Waals surface area contributed by atoms with Gasteiger partial charge in [-0.2, -0.15) is 5.10 Å². The van der Waals surface area contributed by atoms with Crippen molar-refractivity contribution in [2.24, 2.45) is 10.2 Å². The first-order valence-electron chi connectivity index (χ1n) is 11.9. The van der Waals surface area contributed by atoms with Crippen LogP contribution in [0.4, 0.5) is 5.69 Å². The highest BCUT2D eigenvalue weighted by Gasteiger charge is 2.39. The van der Waals surface area contributed by atoms with Gasteiger partial charge in [0.25, 0.3) is 0 Å². The second-order valence-corrected chi connectivity index (χ2v) is 9.98. The Bertz CT molecular complexity index is 1510. The van der Waals surface area contributed by atoms with Gasteiger partial charge in [0.1, 0.15) is 28.3 Å². The van der Waals surface area contributed by atoms with Crippen LogP contribution in [-0.2, 0) is 16.1 Å². The molecule has 0 aliphatic carbocycles. The van der Waals surface area contributed by atoms with Crippen LogP contribution in [0.3, 0.4) is 0 Å². The second kappa shape index (κ2) is 12.1. The number of methoxy groups -OCH3 is 1. The molecule has 1 N–H and O–H groups in total. The van der Waals surface area contributed by atoms with E-state index in [-0.39, 0.29) is 24.8 Å². The predicted octanol–water partition coefficient (Wildman–Crippen LogP) is 6.06. The Morgan fingerprint density at radius 3 is 2.69 bits per heavy atom. The van der Waals surface area contributed by atoms with Gasteiger partial charge in [0, 0.05) is 17.7 Å². The van der Waals surface area contributed by atoms with E-state index in [1.807, 2.05) is 18.2 Å². The smallest absolute Gasteiger partial charge is 0.243 e. The molecule has 2 aromatic heterocycles. The van der Waals surface area contributed by atoms with Gasteiger partial charge in [0.15, 0.2) is 5.17 Å². The van der Waals surface area contributed by atoms with E-state index in [1.165, 1.54) is 29.1 Å². The highest BCUT2D eigenvalue weighted by molar-refractivity contribution is 8.15. The molecule has 3 heterocycles. The maximum Gasteiger partial charge on any atom is 0.243 e. The van der Waals surface area contributed by atoms with Gasteiger partial charge in [-0.15, -0.1) is 5.10 Å². The number of anilines is 1. The molecule has 1 saturated heterocycles. The van der Waals surface area contributed by atoms with Crippen molar-refractivity contribution >= 4 is 52.2 Å². The molecule has 1 unspecified atom stereocenters. The molecule has 9 nitrogen and oxygen atoms in total. The third-order valence-corrected chi connectivity index (χ3v) is 7.25. The quantitative estimate of drug-likeness (QED) is 0.196. The molecule has 0 radical (unpaired) electrons. The molecule has 4 aromatic rings. The van der Waals surface area contributed by atoms with Crippen molar-refractivity contribution in [1.82, 2.24) is 4.90 Å². The fourth-order valence-corrected chi connectivity index (χ4v) is 5.16. The van der Waals surface area contributed by atoms with Crippen LogP contribution < -0.4 is 10.1 Å². The molecule has 5 rings (SSSR count). The summed E-state index contributed by atoms with van der Waals surface area (Å²) in [5.41, 5.74) is 1.37. The Labute approximate surface area is 233 Å². The number of thioether (sulfide) groups is 1. The maximum absolute atomic E-state index is 13.2. The van der Waals surface area contributed by atoms with Crippen LogP contribution in [0.15, 0.2) is 98.1 Å². The van der Waals surface area contributed by atoms with Crippen LogP contribution in [-0.4, -0.2) is 40.5 Å². The van der Waals surface area contributed by atoms with Crippen LogP contribution >= 0.6 is 23.4 Å². The number of carbonyl (C=O) groups is 2. The van der Waals surface area contributed by atoms with Crippen molar-refractivity contribution in [3.63, 3.8) is 0 Å². The number of amides is 2. The zero-order chi connectivity index (χ0) is 27.2. The monoisotopic (exact) mass is 562 g/mol. The first-order chi connectivity index (χ1) is 19.0. The summed E-state index contributed by atoms with van der Waals surface area (Å²) >= 11 is 7.43. The SMILES string of the molecule is COc1ccc(NC(=O)CC2S/C(=N\N=C\c3ccc(-c4ccccc4Cl)o3)N(Cc3ccco3)C2=O)cc1.